The number of aliphatic hydroxyl groups excluding tert-OH is 1. The van der Waals surface area contributed by atoms with Gasteiger partial charge in [-0.15, -0.1) is 0 Å². The number of ether oxygens (including phenoxy) is 1. The van der Waals surface area contributed by atoms with Gasteiger partial charge in [0.1, 0.15) is 0 Å². The van der Waals surface area contributed by atoms with E-state index in [4.69, 9.17) is 9.84 Å². The van der Waals surface area contributed by atoms with Crippen molar-refractivity contribution < 1.29 is 9.84 Å². The van der Waals surface area contributed by atoms with E-state index >= 15 is 0 Å². The quantitative estimate of drug-likeness (QED) is 0.569. The van der Waals surface area contributed by atoms with Crippen LogP contribution < -0.4 is 0 Å². The molecule has 2 atom stereocenters. The largest absolute Gasteiger partial charge is 0.396 e. The molecule has 0 bridgehead atoms. The van der Waals surface area contributed by atoms with E-state index in [1.54, 1.807) is 0 Å². The van der Waals surface area contributed by atoms with Gasteiger partial charge in [-0.25, -0.2) is 0 Å². The highest BCUT2D eigenvalue weighted by Crippen LogP contribution is 2.25. The summed E-state index contributed by atoms with van der Waals surface area (Å²) in [4.78, 5) is 0. The highest BCUT2D eigenvalue weighted by molar-refractivity contribution is 4.80. The van der Waals surface area contributed by atoms with Crippen molar-refractivity contribution in [1.82, 2.24) is 0 Å². The van der Waals surface area contributed by atoms with Crippen LogP contribution in [0.15, 0.2) is 0 Å². The van der Waals surface area contributed by atoms with Crippen molar-refractivity contribution in [3.8, 4) is 0 Å². The Kier molecular flexibility index (Phi) is 2.09. The molecule has 1 fully saturated rings. The zero-order chi connectivity index (χ0) is 6.85. The third-order valence-electron chi connectivity index (χ3n) is 1.90. The molecule has 54 valence electrons. The van der Waals surface area contributed by atoms with Crippen molar-refractivity contribution in [3.63, 3.8) is 0 Å². The fraction of sp³-hybridized carbons (Fsp3) is 1.00. The number of aliphatic hydroxyl groups is 1. The van der Waals surface area contributed by atoms with E-state index in [0.717, 1.165) is 6.61 Å². The fourth-order valence-corrected chi connectivity index (χ4v) is 1.06. The maximum absolute atomic E-state index is 8.83. The summed E-state index contributed by atoms with van der Waals surface area (Å²) in [6.07, 6.45) is 0.356. The smallest absolute Gasteiger partial charge is 0.0862 e. The average molecular weight is 130 g/mol. The molecule has 2 nitrogen and oxygen atoms in total. The van der Waals surface area contributed by atoms with Crippen LogP contribution in [0.3, 0.4) is 0 Å². The monoisotopic (exact) mass is 130 g/mol. The SMILES string of the molecule is CC(C)C(CO)C1CO1. The van der Waals surface area contributed by atoms with Gasteiger partial charge in [0.25, 0.3) is 0 Å². The lowest BCUT2D eigenvalue weighted by atomic mass is 9.94. The van der Waals surface area contributed by atoms with E-state index < -0.39 is 0 Å². The summed E-state index contributed by atoms with van der Waals surface area (Å²) in [6.45, 7) is 5.34. The summed E-state index contributed by atoms with van der Waals surface area (Å²) in [5.74, 6) is 0.910. The molecule has 0 aromatic rings. The Balaban J connectivity index is 2.28. The Morgan fingerprint density at radius 2 is 2.22 bits per heavy atom. The van der Waals surface area contributed by atoms with Crippen LogP contribution in [0.1, 0.15) is 13.8 Å². The van der Waals surface area contributed by atoms with Crippen LogP contribution in [-0.4, -0.2) is 24.4 Å². The summed E-state index contributed by atoms with van der Waals surface area (Å²) < 4.78 is 5.06. The standard InChI is InChI=1S/C7H14O2/c1-5(2)6(3-8)7-4-9-7/h5-8H,3-4H2,1-2H3. The number of rotatable bonds is 3. The van der Waals surface area contributed by atoms with E-state index in [9.17, 15) is 0 Å². The van der Waals surface area contributed by atoms with Crippen molar-refractivity contribution in [2.75, 3.05) is 13.2 Å². The molecule has 1 N–H and O–H groups in total. The molecule has 0 spiro atoms. The van der Waals surface area contributed by atoms with Crippen LogP contribution in [0.25, 0.3) is 0 Å². The van der Waals surface area contributed by atoms with Gasteiger partial charge in [0.15, 0.2) is 0 Å². The van der Waals surface area contributed by atoms with Gasteiger partial charge < -0.3 is 9.84 Å². The average Bonchev–Trinajstić information content (AvgIpc) is 2.50. The van der Waals surface area contributed by atoms with Crippen LogP contribution in [-0.2, 0) is 4.74 Å². The molecule has 1 rings (SSSR count). The zero-order valence-electron chi connectivity index (χ0n) is 6.00. The molecule has 0 radical (unpaired) electrons. The first-order valence-corrected chi connectivity index (χ1v) is 3.48. The molecule has 0 aliphatic carbocycles. The van der Waals surface area contributed by atoms with Crippen molar-refractivity contribution in [3.05, 3.63) is 0 Å². The van der Waals surface area contributed by atoms with E-state index in [1.165, 1.54) is 0 Å². The van der Waals surface area contributed by atoms with Crippen molar-refractivity contribution in [2.45, 2.75) is 20.0 Å². The molecule has 2 unspecified atom stereocenters. The van der Waals surface area contributed by atoms with Crippen LogP contribution in [0.4, 0.5) is 0 Å². The summed E-state index contributed by atoms with van der Waals surface area (Å²) >= 11 is 0. The number of hydrogen-bond donors (Lipinski definition) is 1. The highest BCUT2D eigenvalue weighted by atomic mass is 16.6. The van der Waals surface area contributed by atoms with Gasteiger partial charge in [0.2, 0.25) is 0 Å². The van der Waals surface area contributed by atoms with Crippen LogP contribution in [0, 0.1) is 11.8 Å². The minimum atomic E-state index is 0.266. The van der Waals surface area contributed by atoms with E-state index in [2.05, 4.69) is 13.8 Å². The lowest BCUT2D eigenvalue weighted by molar-refractivity contribution is 0.156. The third kappa shape index (κ3) is 1.66. The molecule has 1 aliphatic rings. The van der Waals surface area contributed by atoms with Gasteiger partial charge >= 0.3 is 0 Å². The molecule has 2 heteroatoms. The molecular formula is C7H14O2. The van der Waals surface area contributed by atoms with E-state index in [-0.39, 0.29) is 6.61 Å². The van der Waals surface area contributed by atoms with Gasteiger partial charge in [-0.3, -0.25) is 0 Å². The maximum Gasteiger partial charge on any atom is 0.0862 e. The summed E-state index contributed by atoms with van der Waals surface area (Å²) in [5.41, 5.74) is 0. The number of epoxide rings is 1. The Bertz CT molecular complexity index is 84.9. The first-order valence-electron chi connectivity index (χ1n) is 3.48. The van der Waals surface area contributed by atoms with Crippen LogP contribution in [0.2, 0.25) is 0 Å². The first-order chi connectivity index (χ1) is 4.25. The minimum Gasteiger partial charge on any atom is -0.396 e. The molecule has 1 aliphatic heterocycles. The molecule has 0 amide bonds. The molecule has 1 heterocycles. The second kappa shape index (κ2) is 2.67. The second-order valence-electron chi connectivity index (χ2n) is 2.96. The fourth-order valence-electron chi connectivity index (χ4n) is 1.06. The second-order valence-corrected chi connectivity index (χ2v) is 2.96. The minimum absolute atomic E-state index is 0.266. The Morgan fingerprint density at radius 3 is 2.33 bits per heavy atom. The summed E-state index contributed by atoms with van der Waals surface area (Å²) in [6, 6.07) is 0. The van der Waals surface area contributed by atoms with Crippen molar-refractivity contribution in [2.24, 2.45) is 11.8 Å². The molecule has 1 saturated heterocycles. The molecule has 9 heavy (non-hydrogen) atoms. The molecular weight excluding hydrogens is 116 g/mol. The van der Waals surface area contributed by atoms with Crippen LogP contribution >= 0.6 is 0 Å². The number of hydrogen-bond acceptors (Lipinski definition) is 2. The Morgan fingerprint density at radius 1 is 1.67 bits per heavy atom. The van der Waals surface area contributed by atoms with Crippen molar-refractivity contribution >= 4 is 0 Å². The van der Waals surface area contributed by atoms with Gasteiger partial charge in [0, 0.05) is 12.5 Å². The highest BCUT2D eigenvalue weighted by Gasteiger charge is 2.33. The topological polar surface area (TPSA) is 32.8 Å². The van der Waals surface area contributed by atoms with Gasteiger partial charge in [-0.2, -0.15) is 0 Å². The molecule has 0 aromatic carbocycles. The van der Waals surface area contributed by atoms with E-state index in [0.29, 0.717) is 17.9 Å². The van der Waals surface area contributed by atoms with E-state index in [1.807, 2.05) is 0 Å². The molecule has 0 saturated carbocycles. The maximum atomic E-state index is 8.83. The normalized spacial score (nSPS) is 28.7. The lowest BCUT2D eigenvalue weighted by Crippen LogP contribution is -2.19. The Labute approximate surface area is 55.8 Å². The zero-order valence-corrected chi connectivity index (χ0v) is 6.00. The predicted octanol–water partition coefficient (Wildman–Crippen LogP) is 0.650. The first kappa shape index (κ1) is 7.03. The predicted molar refractivity (Wildman–Crippen MR) is 35.2 cm³/mol. The van der Waals surface area contributed by atoms with Gasteiger partial charge in [0.05, 0.1) is 12.7 Å². The van der Waals surface area contributed by atoms with Gasteiger partial charge in [-0.1, -0.05) is 13.8 Å². The Hall–Kier alpha value is -0.0800. The summed E-state index contributed by atoms with van der Waals surface area (Å²) in [5, 5.41) is 8.83. The third-order valence-corrected chi connectivity index (χ3v) is 1.90. The van der Waals surface area contributed by atoms with Crippen LogP contribution in [0.5, 0.6) is 0 Å². The molecule has 0 aromatic heterocycles. The van der Waals surface area contributed by atoms with Gasteiger partial charge in [-0.05, 0) is 5.92 Å². The van der Waals surface area contributed by atoms with Crippen molar-refractivity contribution in [1.29, 1.82) is 0 Å². The summed E-state index contributed by atoms with van der Waals surface area (Å²) in [7, 11) is 0. The lowest BCUT2D eigenvalue weighted by Gasteiger charge is -2.14.